The van der Waals surface area contributed by atoms with Gasteiger partial charge in [-0.05, 0) is 42.4 Å². The molecule has 2 aromatic rings. The fourth-order valence-corrected chi connectivity index (χ4v) is 3.06. The van der Waals surface area contributed by atoms with E-state index in [1.165, 1.54) is 5.56 Å². The fourth-order valence-electron chi connectivity index (χ4n) is 3.06. The van der Waals surface area contributed by atoms with Gasteiger partial charge in [0.1, 0.15) is 11.5 Å². The first-order valence-electron chi connectivity index (χ1n) is 9.42. The predicted octanol–water partition coefficient (Wildman–Crippen LogP) is 3.10. The summed E-state index contributed by atoms with van der Waals surface area (Å²) < 4.78 is 16.6. The molecule has 0 aromatic heterocycles. The van der Waals surface area contributed by atoms with E-state index in [-0.39, 0.29) is 6.61 Å². The zero-order valence-electron chi connectivity index (χ0n) is 16.0. The fraction of sp³-hybridized carbons (Fsp3) is 0.364. The van der Waals surface area contributed by atoms with E-state index in [0.29, 0.717) is 18.6 Å². The summed E-state index contributed by atoms with van der Waals surface area (Å²) in [4.78, 5) is 0. The Morgan fingerprint density at radius 2 is 1.96 bits per heavy atom. The van der Waals surface area contributed by atoms with Gasteiger partial charge >= 0.3 is 0 Å². The molecule has 1 heterocycles. The van der Waals surface area contributed by atoms with Crippen LogP contribution in [0.5, 0.6) is 11.5 Å². The van der Waals surface area contributed by atoms with Gasteiger partial charge in [-0.25, -0.2) is 0 Å². The van der Waals surface area contributed by atoms with Gasteiger partial charge in [0.25, 0.3) is 0 Å². The molecule has 2 aromatic carbocycles. The highest BCUT2D eigenvalue weighted by Crippen LogP contribution is 2.25. The SMILES string of the molecule is COc1ccc(C/C=C/Nc2cccc(OC3CC(O)CC(CO)O3)c2)cc1. The van der Waals surface area contributed by atoms with E-state index >= 15 is 0 Å². The summed E-state index contributed by atoms with van der Waals surface area (Å²) in [5.74, 6) is 1.49. The third-order valence-corrected chi connectivity index (χ3v) is 4.53. The van der Waals surface area contributed by atoms with Gasteiger partial charge in [0, 0.05) is 24.6 Å². The molecule has 1 aliphatic rings. The predicted molar refractivity (Wildman–Crippen MR) is 108 cm³/mol. The van der Waals surface area contributed by atoms with Crippen molar-refractivity contribution in [3.05, 3.63) is 66.4 Å². The molecule has 1 saturated heterocycles. The average Bonchev–Trinajstić information content (AvgIpc) is 2.71. The van der Waals surface area contributed by atoms with Crippen LogP contribution in [0.2, 0.25) is 0 Å². The van der Waals surface area contributed by atoms with Gasteiger partial charge in [0.05, 0.1) is 25.9 Å². The summed E-state index contributed by atoms with van der Waals surface area (Å²) in [5, 5.41) is 22.4. The third kappa shape index (κ3) is 5.99. The molecule has 28 heavy (non-hydrogen) atoms. The van der Waals surface area contributed by atoms with Crippen LogP contribution in [0.15, 0.2) is 60.8 Å². The molecule has 3 unspecified atom stereocenters. The number of benzene rings is 2. The Kier molecular flexibility index (Phi) is 7.31. The van der Waals surface area contributed by atoms with Crippen LogP contribution < -0.4 is 14.8 Å². The van der Waals surface area contributed by atoms with Crippen molar-refractivity contribution >= 4 is 5.69 Å². The van der Waals surface area contributed by atoms with Gasteiger partial charge < -0.3 is 29.7 Å². The van der Waals surface area contributed by atoms with E-state index in [1.807, 2.05) is 60.8 Å². The Labute approximate surface area is 165 Å². The Morgan fingerprint density at radius 1 is 1.14 bits per heavy atom. The molecule has 0 radical (unpaired) electrons. The number of anilines is 1. The van der Waals surface area contributed by atoms with Gasteiger partial charge in [0.2, 0.25) is 6.29 Å². The molecule has 3 rings (SSSR count). The number of rotatable bonds is 8. The lowest BCUT2D eigenvalue weighted by Crippen LogP contribution is -2.40. The highest BCUT2D eigenvalue weighted by Gasteiger charge is 2.29. The van der Waals surface area contributed by atoms with Crippen LogP contribution in [0, 0.1) is 0 Å². The molecule has 0 spiro atoms. The lowest BCUT2D eigenvalue weighted by molar-refractivity contribution is -0.184. The second-order valence-electron chi connectivity index (χ2n) is 6.74. The number of ether oxygens (including phenoxy) is 3. The molecule has 1 aliphatic heterocycles. The number of methoxy groups -OCH3 is 1. The minimum atomic E-state index is -0.568. The minimum absolute atomic E-state index is 0.127. The number of nitrogens with one attached hydrogen (secondary N) is 1. The average molecular weight is 385 g/mol. The molecular formula is C22H27NO5. The molecule has 0 amide bonds. The molecule has 150 valence electrons. The van der Waals surface area contributed by atoms with E-state index in [9.17, 15) is 10.2 Å². The van der Waals surface area contributed by atoms with Crippen molar-refractivity contribution in [3.63, 3.8) is 0 Å². The zero-order valence-corrected chi connectivity index (χ0v) is 16.0. The van der Waals surface area contributed by atoms with Gasteiger partial charge in [-0.3, -0.25) is 0 Å². The monoisotopic (exact) mass is 385 g/mol. The topological polar surface area (TPSA) is 80.2 Å². The molecule has 0 bridgehead atoms. The molecule has 0 aliphatic carbocycles. The number of hydrogen-bond acceptors (Lipinski definition) is 6. The van der Waals surface area contributed by atoms with Crippen LogP contribution in [-0.2, 0) is 11.2 Å². The van der Waals surface area contributed by atoms with Crippen LogP contribution in [0.4, 0.5) is 5.69 Å². The number of allylic oxidation sites excluding steroid dienone is 1. The van der Waals surface area contributed by atoms with Crippen molar-refractivity contribution in [2.75, 3.05) is 19.0 Å². The first-order valence-corrected chi connectivity index (χ1v) is 9.42. The largest absolute Gasteiger partial charge is 0.497 e. The molecule has 3 atom stereocenters. The maximum atomic E-state index is 9.88. The van der Waals surface area contributed by atoms with E-state index in [1.54, 1.807) is 7.11 Å². The quantitative estimate of drug-likeness (QED) is 0.648. The maximum Gasteiger partial charge on any atom is 0.202 e. The molecule has 6 nitrogen and oxygen atoms in total. The van der Waals surface area contributed by atoms with E-state index < -0.39 is 18.5 Å². The summed E-state index contributed by atoms with van der Waals surface area (Å²) in [6.45, 7) is -0.127. The summed E-state index contributed by atoms with van der Waals surface area (Å²) in [6.07, 6.45) is 4.07. The van der Waals surface area contributed by atoms with Gasteiger partial charge in [0.15, 0.2) is 0 Å². The summed E-state index contributed by atoms with van der Waals surface area (Å²) in [7, 11) is 1.66. The molecule has 6 heteroatoms. The van der Waals surface area contributed by atoms with Crippen molar-refractivity contribution in [1.29, 1.82) is 0 Å². The summed E-state index contributed by atoms with van der Waals surface area (Å²) in [6, 6.07) is 15.5. The van der Waals surface area contributed by atoms with Crippen molar-refractivity contribution in [2.45, 2.75) is 37.8 Å². The Morgan fingerprint density at radius 3 is 2.71 bits per heavy atom. The Balaban J connectivity index is 1.51. The van der Waals surface area contributed by atoms with Gasteiger partial charge in [-0.2, -0.15) is 0 Å². The molecular weight excluding hydrogens is 358 g/mol. The standard InChI is InChI=1S/C22H27NO5/c1-26-19-9-7-16(8-10-19)4-3-11-23-17-5-2-6-20(12-17)27-22-14-18(25)13-21(15-24)28-22/h2-3,5-12,18,21-25H,4,13-15H2,1H3/b11-3+. The van der Waals surface area contributed by atoms with Crippen molar-refractivity contribution in [1.82, 2.24) is 0 Å². The summed E-state index contributed by atoms with van der Waals surface area (Å²) in [5.41, 5.74) is 2.08. The van der Waals surface area contributed by atoms with E-state index in [4.69, 9.17) is 14.2 Å². The van der Waals surface area contributed by atoms with Crippen LogP contribution in [0.1, 0.15) is 18.4 Å². The lowest BCUT2D eigenvalue weighted by atomic mass is 10.1. The van der Waals surface area contributed by atoms with E-state index in [2.05, 4.69) is 5.32 Å². The molecule has 1 fully saturated rings. The Hall–Kier alpha value is -2.54. The first kappa shape index (κ1) is 20.2. The maximum absolute atomic E-state index is 9.88. The smallest absolute Gasteiger partial charge is 0.202 e. The number of aliphatic hydroxyl groups excluding tert-OH is 2. The Bertz CT molecular complexity index is 762. The highest BCUT2D eigenvalue weighted by atomic mass is 16.7. The number of hydrogen-bond donors (Lipinski definition) is 3. The van der Waals surface area contributed by atoms with Crippen LogP contribution >= 0.6 is 0 Å². The van der Waals surface area contributed by atoms with Crippen molar-refractivity contribution in [2.24, 2.45) is 0 Å². The summed E-state index contributed by atoms with van der Waals surface area (Å²) >= 11 is 0. The van der Waals surface area contributed by atoms with Crippen LogP contribution in [0.3, 0.4) is 0 Å². The van der Waals surface area contributed by atoms with Crippen molar-refractivity contribution in [3.8, 4) is 11.5 Å². The third-order valence-electron chi connectivity index (χ3n) is 4.53. The lowest BCUT2D eigenvalue weighted by Gasteiger charge is -2.32. The normalized spacial score (nSPS) is 22.2. The minimum Gasteiger partial charge on any atom is -0.497 e. The number of aliphatic hydroxyl groups is 2. The zero-order chi connectivity index (χ0) is 19.8. The van der Waals surface area contributed by atoms with Gasteiger partial charge in [-0.1, -0.05) is 24.3 Å². The molecule has 0 saturated carbocycles. The van der Waals surface area contributed by atoms with Crippen LogP contribution in [0.25, 0.3) is 0 Å². The second-order valence-corrected chi connectivity index (χ2v) is 6.74. The first-order chi connectivity index (χ1) is 13.7. The second kappa shape index (κ2) is 10.1. The van der Waals surface area contributed by atoms with Crippen LogP contribution in [-0.4, -0.2) is 42.4 Å². The van der Waals surface area contributed by atoms with Gasteiger partial charge in [-0.15, -0.1) is 0 Å². The van der Waals surface area contributed by atoms with Crippen molar-refractivity contribution < 1.29 is 24.4 Å². The highest BCUT2D eigenvalue weighted by molar-refractivity contribution is 5.50. The van der Waals surface area contributed by atoms with E-state index in [0.717, 1.165) is 17.9 Å². The molecule has 3 N–H and O–H groups in total.